The summed E-state index contributed by atoms with van der Waals surface area (Å²) in [5, 5.41) is 2.62. The van der Waals surface area contributed by atoms with E-state index >= 15 is 0 Å². The molecule has 2 fully saturated rings. The SMILES string of the molecule is CCN(C(=O)C1CCOCC1)[C@@H](Cc1ccccc1)C1CCN(Cc2ccc3ccccc3c2)CC1. The van der Waals surface area contributed by atoms with Crippen molar-refractivity contribution >= 4 is 16.7 Å². The van der Waals surface area contributed by atoms with Crippen LogP contribution in [0, 0.1) is 11.8 Å². The van der Waals surface area contributed by atoms with Crippen molar-refractivity contribution in [2.24, 2.45) is 11.8 Å². The fourth-order valence-electron chi connectivity index (χ4n) is 6.21. The highest BCUT2D eigenvalue weighted by Crippen LogP contribution is 2.30. The fourth-order valence-corrected chi connectivity index (χ4v) is 6.21. The summed E-state index contributed by atoms with van der Waals surface area (Å²) in [5.41, 5.74) is 2.72. The topological polar surface area (TPSA) is 32.8 Å². The molecule has 0 saturated carbocycles. The monoisotopic (exact) mass is 484 g/mol. The maximum absolute atomic E-state index is 13.7. The number of nitrogens with zero attached hydrogens (tertiary/aromatic N) is 2. The van der Waals surface area contributed by atoms with E-state index in [4.69, 9.17) is 4.74 Å². The molecule has 0 unspecified atom stereocenters. The normalized spacial score (nSPS) is 18.8. The molecule has 5 rings (SSSR count). The molecule has 190 valence electrons. The van der Waals surface area contributed by atoms with Crippen molar-refractivity contribution in [1.82, 2.24) is 9.80 Å². The van der Waals surface area contributed by atoms with E-state index in [1.807, 2.05) is 0 Å². The largest absolute Gasteiger partial charge is 0.381 e. The number of benzene rings is 3. The first-order valence-corrected chi connectivity index (χ1v) is 13.8. The fraction of sp³-hybridized carbons (Fsp3) is 0.469. The molecule has 0 N–H and O–H groups in total. The van der Waals surface area contributed by atoms with Crippen LogP contribution in [-0.2, 0) is 22.5 Å². The van der Waals surface area contributed by atoms with E-state index in [-0.39, 0.29) is 12.0 Å². The first-order chi connectivity index (χ1) is 17.7. The maximum Gasteiger partial charge on any atom is 0.226 e. The molecule has 0 aromatic heterocycles. The lowest BCUT2D eigenvalue weighted by Gasteiger charge is -2.42. The molecule has 1 atom stereocenters. The van der Waals surface area contributed by atoms with Crippen LogP contribution in [0.15, 0.2) is 72.8 Å². The van der Waals surface area contributed by atoms with Gasteiger partial charge in [0.25, 0.3) is 0 Å². The van der Waals surface area contributed by atoms with Gasteiger partial charge in [0.15, 0.2) is 0 Å². The third-order valence-electron chi connectivity index (χ3n) is 8.28. The van der Waals surface area contributed by atoms with Gasteiger partial charge in [0.05, 0.1) is 0 Å². The van der Waals surface area contributed by atoms with Crippen molar-refractivity contribution < 1.29 is 9.53 Å². The quantitative estimate of drug-likeness (QED) is 0.397. The van der Waals surface area contributed by atoms with Gasteiger partial charge in [0.1, 0.15) is 0 Å². The molecule has 0 radical (unpaired) electrons. The van der Waals surface area contributed by atoms with Crippen molar-refractivity contribution in [1.29, 1.82) is 0 Å². The number of carbonyl (C=O) groups excluding carboxylic acids is 1. The summed E-state index contributed by atoms with van der Waals surface area (Å²) >= 11 is 0. The van der Waals surface area contributed by atoms with Crippen LogP contribution in [0.5, 0.6) is 0 Å². The zero-order valence-corrected chi connectivity index (χ0v) is 21.6. The van der Waals surface area contributed by atoms with Crippen LogP contribution in [0.3, 0.4) is 0 Å². The molecular formula is C32H40N2O2. The Labute approximate surface area is 216 Å². The molecule has 2 heterocycles. The molecule has 4 nitrogen and oxygen atoms in total. The average molecular weight is 485 g/mol. The van der Waals surface area contributed by atoms with Crippen molar-refractivity contribution in [3.8, 4) is 0 Å². The number of ether oxygens (including phenoxy) is 1. The summed E-state index contributed by atoms with van der Waals surface area (Å²) in [6.45, 7) is 7.54. The predicted molar refractivity (Wildman–Crippen MR) is 147 cm³/mol. The molecule has 2 aliphatic rings. The van der Waals surface area contributed by atoms with Crippen LogP contribution in [0.4, 0.5) is 0 Å². The van der Waals surface area contributed by atoms with Gasteiger partial charge < -0.3 is 9.64 Å². The van der Waals surface area contributed by atoms with E-state index < -0.39 is 0 Å². The minimum absolute atomic E-state index is 0.116. The first-order valence-electron chi connectivity index (χ1n) is 13.8. The highest BCUT2D eigenvalue weighted by molar-refractivity contribution is 5.83. The molecule has 0 bridgehead atoms. The Balaban J connectivity index is 1.27. The molecule has 3 aromatic carbocycles. The third kappa shape index (κ3) is 5.99. The number of piperidine rings is 1. The second-order valence-corrected chi connectivity index (χ2v) is 10.6. The van der Waals surface area contributed by atoms with Crippen molar-refractivity contribution in [2.75, 3.05) is 32.8 Å². The van der Waals surface area contributed by atoms with Crippen LogP contribution in [0.1, 0.15) is 43.7 Å². The molecule has 1 amide bonds. The van der Waals surface area contributed by atoms with Crippen LogP contribution >= 0.6 is 0 Å². The number of rotatable bonds is 8. The highest BCUT2D eigenvalue weighted by atomic mass is 16.5. The van der Waals surface area contributed by atoms with Crippen molar-refractivity contribution in [3.05, 3.63) is 83.9 Å². The molecular weight excluding hydrogens is 444 g/mol. The van der Waals surface area contributed by atoms with Gasteiger partial charge in [-0.2, -0.15) is 0 Å². The number of hydrogen-bond acceptors (Lipinski definition) is 3. The van der Waals surface area contributed by atoms with E-state index in [0.717, 1.165) is 58.3 Å². The predicted octanol–water partition coefficient (Wildman–Crippen LogP) is 5.94. The van der Waals surface area contributed by atoms with Gasteiger partial charge in [-0.25, -0.2) is 0 Å². The van der Waals surface area contributed by atoms with Gasteiger partial charge in [-0.3, -0.25) is 9.69 Å². The summed E-state index contributed by atoms with van der Waals surface area (Å²) in [6.07, 6.45) is 4.94. The van der Waals surface area contributed by atoms with Crippen LogP contribution in [0.2, 0.25) is 0 Å². The van der Waals surface area contributed by atoms with Gasteiger partial charge in [0, 0.05) is 38.3 Å². The number of carbonyl (C=O) groups is 1. The van der Waals surface area contributed by atoms with Gasteiger partial charge in [-0.1, -0.05) is 66.7 Å². The van der Waals surface area contributed by atoms with Gasteiger partial charge in [-0.15, -0.1) is 0 Å². The highest BCUT2D eigenvalue weighted by Gasteiger charge is 2.35. The minimum atomic E-state index is 0.116. The lowest BCUT2D eigenvalue weighted by Crippen LogP contribution is -2.51. The van der Waals surface area contributed by atoms with Crippen LogP contribution in [-0.4, -0.2) is 54.6 Å². The number of likely N-dealkylation sites (tertiary alicyclic amines) is 1. The number of amides is 1. The number of fused-ring (bicyclic) bond motifs is 1. The van der Waals surface area contributed by atoms with Crippen LogP contribution in [0.25, 0.3) is 10.8 Å². The smallest absolute Gasteiger partial charge is 0.226 e. The Morgan fingerprint density at radius 1 is 0.889 bits per heavy atom. The van der Waals surface area contributed by atoms with Crippen molar-refractivity contribution in [3.63, 3.8) is 0 Å². The molecule has 0 spiro atoms. The van der Waals surface area contributed by atoms with Crippen LogP contribution < -0.4 is 0 Å². The maximum atomic E-state index is 13.7. The van der Waals surface area contributed by atoms with E-state index in [1.54, 1.807) is 0 Å². The summed E-state index contributed by atoms with van der Waals surface area (Å²) in [5.74, 6) is 0.993. The molecule has 2 aliphatic heterocycles. The second-order valence-electron chi connectivity index (χ2n) is 10.6. The standard InChI is InChI=1S/C32H40N2O2/c1-2-34(32(35)29-16-20-36-21-17-29)31(23-25-8-4-3-5-9-25)28-14-18-33(19-15-28)24-26-12-13-27-10-6-7-11-30(27)22-26/h3-13,22,28-29,31H,2,14-21,23-24H2,1H3/t31-/m0/s1. The van der Waals surface area contributed by atoms with E-state index in [0.29, 0.717) is 25.0 Å². The Morgan fingerprint density at radius 3 is 2.31 bits per heavy atom. The Bertz CT molecular complexity index is 1120. The van der Waals surface area contributed by atoms with E-state index in [1.165, 1.54) is 21.9 Å². The lowest BCUT2D eigenvalue weighted by molar-refractivity contribution is -0.142. The zero-order chi connectivity index (χ0) is 24.7. The van der Waals surface area contributed by atoms with Gasteiger partial charge in [0.2, 0.25) is 5.91 Å². The minimum Gasteiger partial charge on any atom is -0.381 e. The first kappa shape index (κ1) is 25.0. The summed E-state index contributed by atoms with van der Waals surface area (Å²) in [4.78, 5) is 18.5. The average Bonchev–Trinajstić information content (AvgIpc) is 2.94. The Hall–Kier alpha value is -2.69. The van der Waals surface area contributed by atoms with E-state index in [9.17, 15) is 4.79 Å². The van der Waals surface area contributed by atoms with Gasteiger partial charge in [-0.05, 0) is 86.0 Å². The van der Waals surface area contributed by atoms with Gasteiger partial charge >= 0.3 is 0 Å². The number of likely N-dealkylation sites (N-methyl/N-ethyl adjacent to an activating group) is 1. The van der Waals surface area contributed by atoms with Crippen molar-refractivity contribution in [2.45, 2.75) is 51.6 Å². The summed E-state index contributed by atoms with van der Waals surface area (Å²) in [6, 6.07) is 26.5. The lowest BCUT2D eigenvalue weighted by atomic mass is 9.83. The molecule has 36 heavy (non-hydrogen) atoms. The van der Waals surface area contributed by atoms with E-state index in [2.05, 4.69) is 89.5 Å². The Morgan fingerprint density at radius 2 is 1.58 bits per heavy atom. The number of hydrogen-bond donors (Lipinski definition) is 0. The third-order valence-corrected chi connectivity index (χ3v) is 8.28. The molecule has 0 aliphatic carbocycles. The molecule has 2 saturated heterocycles. The summed E-state index contributed by atoms with van der Waals surface area (Å²) < 4.78 is 5.54. The Kier molecular flexibility index (Phi) is 8.35. The molecule has 3 aromatic rings. The second kappa shape index (κ2) is 12.0. The zero-order valence-electron chi connectivity index (χ0n) is 21.6. The molecule has 4 heteroatoms. The summed E-state index contributed by atoms with van der Waals surface area (Å²) in [7, 11) is 0.